The lowest BCUT2D eigenvalue weighted by molar-refractivity contribution is 0.0529. The standard InChI is InChI=1S/C18H31N3OSi/c1-23(2,3)9-8-22-14-21-7-5-17-18(21)11-16(13-20-17)10-15-4-6-19-12-15/h5,7,11,13,15,17-19H,4,6,8-10,12,14H2,1-3H3. The van der Waals surface area contributed by atoms with Crippen LogP contribution in [0.2, 0.25) is 25.7 Å². The van der Waals surface area contributed by atoms with Gasteiger partial charge in [0.1, 0.15) is 6.73 Å². The van der Waals surface area contributed by atoms with Crippen molar-refractivity contribution in [3.8, 4) is 0 Å². The molecule has 0 amide bonds. The number of hydrogen-bond donors (Lipinski definition) is 1. The Morgan fingerprint density at radius 2 is 2.26 bits per heavy atom. The second-order valence-corrected chi connectivity index (χ2v) is 13.9. The van der Waals surface area contributed by atoms with Crippen molar-refractivity contribution in [2.24, 2.45) is 10.9 Å². The summed E-state index contributed by atoms with van der Waals surface area (Å²) in [6.07, 6.45) is 11.3. The van der Waals surface area contributed by atoms with Gasteiger partial charge in [0.25, 0.3) is 0 Å². The number of aliphatic imine (C=N–C) groups is 1. The quantitative estimate of drug-likeness (QED) is 0.575. The minimum atomic E-state index is -1.00. The Labute approximate surface area is 141 Å². The van der Waals surface area contributed by atoms with Crippen molar-refractivity contribution in [2.75, 3.05) is 26.4 Å². The molecule has 1 N–H and O–H groups in total. The largest absolute Gasteiger partial charge is 0.361 e. The first-order valence-corrected chi connectivity index (χ1v) is 12.7. The summed E-state index contributed by atoms with van der Waals surface area (Å²) in [6.45, 7) is 11.1. The molecule has 0 aliphatic carbocycles. The van der Waals surface area contributed by atoms with Crippen LogP contribution in [-0.2, 0) is 4.74 Å². The normalized spacial score (nSPS) is 30.0. The fraction of sp³-hybridized carbons (Fsp3) is 0.722. The third-order valence-electron chi connectivity index (χ3n) is 4.93. The third kappa shape index (κ3) is 4.78. The van der Waals surface area contributed by atoms with Gasteiger partial charge in [-0.15, -0.1) is 0 Å². The van der Waals surface area contributed by atoms with Gasteiger partial charge in [-0.25, -0.2) is 0 Å². The molecule has 5 heteroatoms. The zero-order valence-corrected chi connectivity index (χ0v) is 15.8. The van der Waals surface area contributed by atoms with E-state index in [-0.39, 0.29) is 6.04 Å². The molecule has 1 saturated heterocycles. The van der Waals surface area contributed by atoms with Crippen LogP contribution in [0.25, 0.3) is 0 Å². The van der Waals surface area contributed by atoms with Crippen LogP contribution in [0, 0.1) is 5.92 Å². The van der Waals surface area contributed by atoms with E-state index >= 15 is 0 Å². The molecule has 4 nitrogen and oxygen atoms in total. The second-order valence-electron chi connectivity index (χ2n) is 8.27. The number of allylic oxidation sites excluding steroid dienone is 1. The Morgan fingerprint density at radius 1 is 1.39 bits per heavy atom. The third-order valence-corrected chi connectivity index (χ3v) is 6.63. The molecular weight excluding hydrogens is 302 g/mol. The van der Waals surface area contributed by atoms with E-state index in [1.807, 2.05) is 0 Å². The van der Waals surface area contributed by atoms with Crippen LogP contribution in [0.3, 0.4) is 0 Å². The van der Waals surface area contributed by atoms with Crippen molar-refractivity contribution in [1.82, 2.24) is 10.2 Å². The summed E-state index contributed by atoms with van der Waals surface area (Å²) in [5.74, 6) is 0.778. The van der Waals surface area contributed by atoms with Crippen molar-refractivity contribution in [3.63, 3.8) is 0 Å². The molecule has 3 aliphatic heterocycles. The molecule has 23 heavy (non-hydrogen) atoms. The van der Waals surface area contributed by atoms with Crippen LogP contribution in [0.15, 0.2) is 28.9 Å². The molecule has 3 atom stereocenters. The summed E-state index contributed by atoms with van der Waals surface area (Å²) in [7, 11) is -1.00. The molecule has 0 saturated carbocycles. The number of hydrogen-bond acceptors (Lipinski definition) is 4. The van der Waals surface area contributed by atoms with Crippen LogP contribution < -0.4 is 5.32 Å². The van der Waals surface area contributed by atoms with Gasteiger partial charge in [-0.1, -0.05) is 25.7 Å². The van der Waals surface area contributed by atoms with Crippen molar-refractivity contribution in [3.05, 3.63) is 23.9 Å². The average Bonchev–Trinajstić information content (AvgIpc) is 3.12. The fourth-order valence-corrected chi connectivity index (χ4v) is 4.16. The molecule has 3 unspecified atom stereocenters. The maximum Gasteiger partial charge on any atom is 0.119 e. The molecule has 3 heterocycles. The van der Waals surface area contributed by atoms with Crippen LogP contribution in [-0.4, -0.2) is 57.7 Å². The molecule has 0 bridgehead atoms. The number of nitrogens with one attached hydrogen (secondary N) is 1. The van der Waals surface area contributed by atoms with E-state index in [1.54, 1.807) is 0 Å². The van der Waals surface area contributed by atoms with Crippen molar-refractivity contribution in [1.29, 1.82) is 0 Å². The van der Waals surface area contributed by atoms with Gasteiger partial charge in [0, 0.05) is 27.1 Å². The van der Waals surface area contributed by atoms with Gasteiger partial charge in [0.2, 0.25) is 0 Å². The van der Waals surface area contributed by atoms with E-state index in [2.05, 4.69) is 54.4 Å². The lowest BCUT2D eigenvalue weighted by Crippen LogP contribution is -2.36. The number of nitrogens with zero attached hydrogens (tertiary/aromatic N) is 2. The number of dihydropyridines is 1. The van der Waals surface area contributed by atoms with Gasteiger partial charge >= 0.3 is 0 Å². The Hall–Kier alpha value is -0.913. The fourth-order valence-electron chi connectivity index (χ4n) is 3.40. The minimum Gasteiger partial charge on any atom is -0.361 e. The summed E-state index contributed by atoms with van der Waals surface area (Å²) < 4.78 is 5.93. The Bertz CT molecular complexity index is 489. The molecular formula is C18H31N3OSi. The first-order valence-electron chi connectivity index (χ1n) is 8.98. The number of fused-ring (bicyclic) bond motifs is 1. The first-order chi connectivity index (χ1) is 11.0. The summed E-state index contributed by atoms with van der Waals surface area (Å²) in [6, 6.07) is 1.87. The molecule has 0 aromatic heterocycles. The highest BCUT2D eigenvalue weighted by atomic mass is 28.3. The SMILES string of the molecule is C[Si](C)(C)CCOCN1C=CC2N=CC(CC3CCNC3)=CC21. The molecule has 3 rings (SSSR count). The predicted molar refractivity (Wildman–Crippen MR) is 99.7 cm³/mol. The van der Waals surface area contributed by atoms with E-state index in [1.165, 1.54) is 24.6 Å². The van der Waals surface area contributed by atoms with E-state index in [0.717, 1.165) is 25.5 Å². The summed E-state index contributed by atoms with van der Waals surface area (Å²) in [5, 5.41) is 3.45. The van der Waals surface area contributed by atoms with Crippen molar-refractivity contribution < 1.29 is 4.74 Å². The van der Waals surface area contributed by atoms with Crippen molar-refractivity contribution in [2.45, 2.75) is 50.6 Å². The highest BCUT2D eigenvalue weighted by Crippen LogP contribution is 2.27. The summed E-state index contributed by atoms with van der Waals surface area (Å²) in [4.78, 5) is 7.05. The van der Waals surface area contributed by atoms with Gasteiger partial charge in [0.05, 0.1) is 12.1 Å². The highest BCUT2D eigenvalue weighted by molar-refractivity contribution is 6.76. The summed E-state index contributed by atoms with van der Waals surface area (Å²) in [5.41, 5.74) is 1.40. The van der Waals surface area contributed by atoms with E-state index in [4.69, 9.17) is 9.73 Å². The van der Waals surface area contributed by atoms with Gasteiger partial charge in [-0.3, -0.25) is 4.99 Å². The predicted octanol–water partition coefficient (Wildman–Crippen LogP) is 2.88. The van der Waals surface area contributed by atoms with Crippen molar-refractivity contribution >= 4 is 14.3 Å². The van der Waals surface area contributed by atoms with E-state index < -0.39 is 8.07 Å². The first kappa shape index (κ1) is 16.9. The molecule has 0 aromatic rings. The topological polar surface area (TPSA) is 36.9 Å². The maximum absolute atomic E-state index is 5.93. The van der Waals surface area contributed by atoms with E-state index in [0.29, 0.717) is 12.8 Å². The van der Waals surface area contributed by atoms with E-state index in [9.17, 15) is 0 Å². The molecule has 0 aromatic carbocycles. The van der Waals surface area contributed by atoms with Gasteiger partial charge < -0.3 is 15.0 Å². The number of rotatable bonds is 7. The highest BCUT2D eigenvalue weighted by Gasteiger charge is 2.30. The number of ether oxygens (including phenoxy) is 1. The molecule has 1 fully saturated rings. The van der Waals surface area contributed by atoms with Crippen LogP contribution >= 0.6 is 0 Å². The molecule has 0 spiro atoms. The smallest absolute Gasteiger partial charge is 0.119 e. The zero-order valence-electron chi connectivity index (χ0n) is 14.8. The minimum absolute atomic E-state index is 0.279. The zero-order chi connectivity index (χ0) is 16.3. The van der Waals surface area contributed by atoms with Gasteiger partial charge in [0.15, 0.2) is 0 Å². The maximum atomic E-state index is 5.93. The monoisotopic (exact) mass is 333 g/mol. The Balaban J connectivity index is 1.49. The summed E-state index contributed by atoms with van der Waals surface area (Å²) >= 11 is 0. The lowest BCUT2D eigenvalue weighted by atomic mass is 9.95. The molecule has 128 valence electrons. The van der Waals surface area contributed by atoms with Gasteiger partial charge in [-0.05, 0) is 49.5 Å². The Kier molecular flexibility index (Phi) is 5.39. The van der Waals surface area contributed by atoms with Crippen LogP contribution in [0.5, 0.6) is 0 Å². The van der Waals surface area contributed by atoms with Gasteiger partial charge in [-0.2, -0.15) is 0 Å². The lowest BCUT2D eigenvalue weighted by Gasteiger charge is -2.29. The van der Waals surface area contributed by atoms with Crippen LogP contribution in [0.4, 0.5) is 0 Å². The molecule has 0 radical (unpaired) electrons. The van der Waals surface area contributed by atoms with Crippen LogP contribution in [0.1, 0.15) is 12.8 Å². The average molecular weight is 334 g/mol. The Morgan fingerprint density at radius 3 is 3.00 bits per heavy atom. The molecule has 3 aliphatic rings. The second kappa shape index (κ2) is 7.32.